The third kappa shape index (κ3) is 2.67. The van der Waals surface area contributed by atoms with Gasteiger partial charge >= 0.3 is 0 Å². The van der Waals surface area contributed by atoms with Gasteiger partial charge < -0.3 is 14.6 Å². The van der Waals surface area contributed by atoms with Crippen molar-refractivity contribution in [1.82, 2.24) is 0 Å². The molecule has 1 fully saturated rings. The molecule has 1 N–H and O–H groups in total. The second-order valence-electron chi connectivity index (χ2n) is 3.93. The van der Waals surface area contributed by atoms with Crippen LogP contribution in [0.25, 0.3) is 0 Å². The fourth-order valence-electron chi connectivity index (χ4n) is 1.76. The van der Waals surface area contributed by atoms with Crippen molar-refractivity contribution in [2.24, 2.45) is 5.92 Å². The minimum absolute atomic E-state index is 0.0585. The molecule has 1 aliphatic heterocycles. The van der Waals surface area contributed by atoms with Gasteiger partial charge in [-0.2, -0.15) is 0 Å². The first kappa shape index (κ1) is 11.7. The molecule has 0 amide bonds. The summed E-state index contributed by atoms with van der Waals surface area (Å²) < 4.78 is 10.9. The van der Waals surface area contributed by atoms with E-state index in [9.17, 15) is 5.11 Å². The number of aliphatic hydroxyl groups is 1. The van der Waals surface area contributed by atoms with Gasteiger partial charge in [-0.15, -0.1) is 0 Å². The topological polar surface area (TPSA) is 38.7 Å². The van der Waals surface area contributed by atoms with Gasteiger partial charge in [0.1, 0.15) is 5.75 Å². The molecular formula is C12H15ClO3. The van der Waals surface area contributed by atoms with Gasteiger partial charge in [0.25, 0.3) is 0 Å². The highest BCUT2D eigenvalue weighted by atomic mass is 35.5. The van der Waals surface area contributed by atoms with Crippen LogP contribution >= 0.6 is 11.6 Å². The van der Waals surface area contributed by atoms with Gasteiger partial charge in [-0.1, -0.05) is 23.7 Å². The second kappa shape index (κ2) is 5.53. The van der Waals surface area contributed by atoms with E-state index in [4.69, 9.17) is 21.1 Å². The summed E-state index contributed by atoms with van der Waals surface area (Å²) in [4.78, 5) is 0. The maximum Gasteiger partial charge on any atom is 0.143 e. The third-order valence-electron chi connectivity index (χ3n) is 2.71. The van der Waals surface area contributed by atoms with Crippen LogP contribution in [0.3, 0.4) is 0 Å². The highest BCUT2D eigenvalue weighted by Gasteiger charge is 2.17. The van der Waals surface area contributed by atoms with Gasteiger partial charge in [0.2, 0.25) is 0 Å². The normalized spacial score (nSPS) is 20.0. The Morgan fingerprint density at radius 1 is 1.50 bits per heavy atom. The lowest BCUT2D eigenvalue weighted by Crippen LogP contribution is -2.12. The van der Waals surface area contributed by atoms with Gasteiger partial charge in [0, 0.05) is 18.1 Å². The fraction of sp³-hybridized carbons (Fsp3) is 0.500. The lowest BCUT2D eigenvalue weighted by Gasteiger charge is -2.14. The molecule has 1 aliphatic rings. The lowest BCUT2D eigenvalue weighted by atomic mass is 10.1. The molecule has 88 valence electrons. The molecule has 4 heteroatoms. The van der Waals surface area contributed by atoms with Crippen molar-refractivity contribution in [1.29, 1.82) is 0 Å². The number of hydrogen-bond donors (Lipinski definition) is 1. The summed E-state index contributed by atoms with van der Waals surface area (Å²) in [6.07, 6.45) is 1.03. The van der Waals surface area contributed by atoms with Crippen molar-refractivity contribution >= 4 is 11.6 Å². The van der Waals surface area contributed by atoms with Crippen LogP contribution in [0.2, 0.25) is 5.02 Å². The molecule has 0 saturated carbocycles. The van der Waals surface area contributed by atoms with Crippen LogP contribution < -0.4 is 4.74 Å². The number of para-hydroxylation sites is 1. The first-order valence-electron chi connectivity index (χ1n) is 5.40. The average Bonchev–Trinajstić information content (AvgIpc) is 2.80. The first-order chi connectivity index (χ1) is 7.81. The molecule has 1 aromatic carbocycles. The van der Waals surface area contributed by atoms with Crippen LogP contribution in [0.4, 0.5) is 0 Å². The van der Waals surface area contributed by atoms with Crippen molar-refractivity contribution in [3.8, 4) is 5.75 Å². The van der Waals surface area contributed by atoms with Gasteiger partial charge in [-0.3, -0.25) is 0 Å². The smallest absolute Gasteiger partial charge is 0.143 e. The average molecular weight is 243 g/mol. The Labute approximate surface area is 99.9 Å². The summed E-state index contributed by atoms with van der Waals surface area (Å²) in [7, 11) is 0. The summed E-state index contributed by atoms with van der Waals surface area (Å²) in [5.41, 5.74) is 0.728. The van der Waals surface area contributed by atoms with Crippen molar-refractivity contribution in [2.75, 3.05) is 19.8 Å². The Morgan fingerprint density at radius 2 is 2.38 bits per heavy atom. The first-order valence-corrected chi connectivity index (χ1v) is 5.78. The molecule has 1 saturated heterocycles. The fourth-order valence-corrected chi connectivity index (χ4v) is 2.00. The van der Waals surface area contributed by atoms with Crippen LogP contribution in [0.5, 0.6) is 5.75 Å². The third-order valence-corrected chi connectivity index (χ3v) is 3.00. The highest BCUT2D eigenvalue weighted by molar-refractivity contribution is 6.32. The van der Waals surface area contributed by atoms with E-state index in [-0.39, 0.29) is 6.61 Å². The molecule has 1 atom stereocenters. The van der Waals surface area contributed by atoms with Crippen molar-refractivity contribution in [3.63, 3.8) is 0 Å². The zero-order valence-corrected chi connectivity index (χ0v) is 9.74. The molecule has 2 rings (SSSR count). The Balaban J connectivity index is 2.01. The van der Waals surface area contributed by atoms with Gasteiger partial charge in [-0.05, 0) is 12.5 Å². The minimum Gasteiger partial charge on any atom is -0.491 e. The molecule has 0 bridgehead atoms. The number of halogens is 1. The van der Waals surface area contributed by atoms with E-state index in [1.807, 2.05) is 6.07 Å². The van der Waals surface area contributed by atoms with Crippen molar-refractivity contribution in [3.05, 3.63) is 28.8 Å². The Kier molecular flexibility index (Phi) is 4.04. The number of benzene rings is 1. The summed E-state index contributed by atoms with van der Waals surface area (Å²) in [6, 6.07) is 5.38. The van der Waals surface area contributed by atoms with Gasteiger partial charge in [-0.25, -0.2) is 0 Å². The largest absolute Gasteiger partial charge is 0.491 e. The van der Waals surface area contributed by atoms with Crippen LogP contribution in [-0.2, 0) is 11.3 Å². The maximum absolute atomic E-state index is 9.17. The Bertz CT molecular complexity index is 348. The van der Waals surface area contributed by atoms with E-state index in [1.165, 1.54) is 0 Å². The molecule has 0 aromatic heterocycles. The highest BCUT2D eigenvalue weighted by Crippen LogP contribution is 2.29. The van der Waals surface area contributed by atoms with E-state index in [2.05, 4.69) is 0 Å². The summed E-state index contributed by atoms with van der Waals surface area (Å²) in [6.45, 7) is 2.09. The standard InChI is InChI=1S/C12H15ClO3/c13-11-3-1-2-10(6-14)12(11)16-8-9-4-5-15-7-9/h1-3,9,14H,4-8H2. The monoisotopic (exact) mass is 242 g/mol. The summed E-state index contributed by atoms with van der Waals surface area (Å²) >= 11 is 6.03. The van der Waals surface area contributed by atoms with Crippen molar-refractivity contribution in [2.45, 2.75) is 13.0 Å². The molecule has 16 heavy (non-hydrogen) atoms. The lowest BCUT2D eigenvalue weighted by molar-refractivity contribution is 0.165. The zero-order valence-electron chi connectivity index (χ0n) is 8.99. The van der Waals surface area contributed by atoms with Crippen LogP contribution in [0.1, 0.15) is 12.0 Å². The van der Waals surface area contributed by atoms with Gasteiger partial charge in [0.05, 0.1) is 24.8 Å². The molecular weight excluding hydrogens is 228 g/mol. The molecule has 0 radical (unpaired) electrons. The molecule has 1 aromatic rings. The Hall–Kier alpha value is -0.770. The number of aliphatic hydroxyl groups excluding tert-OH is 1. The number of rotatable bonds is 4. The van der Waals surface area contributed by atoms with Crippen LogP contribution in [0.15, 0.2) is 18.2 Å². The molecule has 3 nitrogen and oxygen atoms in total. The molecule has 1 unspecified atom stereocenters. The predicted molar refractivity (Wildman–Crippen MR) is 61.8 cm³/mol. The summed E-state index contributed by atoms with van der Waals surface area (Å²) in [5.74, 6) is 1.03. The number of hydrogen-bond acceptors (Lipinski definition) is 3. The quantitative estimate of drug-likeness (QED) is 0.880. The van der Waals surface area contributed by atoms with E-state index in [0.29, 0.717) is 23.3 Å². The SMILES string of the molecule is OCc1cccc(Cl)c1OCC1CCOC1. The second-order valence-corrected chi connectivity index (χ2v) is 4.33. The Morgan fingerprint density at radius 3 is 3.06 bits per heavy atom. The maximum atomic E-state index is 9.17. The van der Waals surface area contributed by atoms with Crippen molar-refractivity contribution < 1.29 is 14.6 Å². The predicted octanol–water partition coefficient (Wildman–Crippen LogP) is 2.25. The minimum atomic E-state index is -0.0585. The molecule has 0 spiro atoms. The van der Waals surface area contributed by atoms with Crippen LogP contribution in [-0.4, -0.2) is 24.9 Å². The van der Waals surface area contributed by atoms with Gasteiger partial charge in [0.15, 0.2) is 0 Å². The van der Waals surface area contributed by atoms with E-state index in [1.54, 1.807) is 12.1 Å². The van der Waals surface area contributed by atoms with E-state index in [0.717, 1.165) is 25.2 Å². The molecule has 1 heterocycles. The zero-order chi connectivity index (χ0) is 11.4. The summed E-state index contributed by atoms with van der Waals surface area (Å²) in [5, 5.41) is 9.72. The number of ether oxygens (including phenoxy) is 2. The van der Waals surface area contributed by atoms with Crippen LogP contribution in [0, 0.1) is 5.92 Å². The molecule has 0 aliphatic carbocycles. The van der Waals surface area contributed by atoms with E-state index < -0.39 is 0 Å². The van der Waals surface area contributed by atoms with E-state index >= 15 is 0 Å².